The molecule has 3 heterocycles. The number of rotatable bonds is 5. The van der Waals surface area contributed by atoms with Gasteiger partial charge in [0.05, 0.1) is 15.7 Å². The average Bonchev–Trinajstić information content (AvgIpc) is 3.05. The molecule has 1 N–H and O–H groups in total. The molecule has 0 amide bonds. The summed E-state index contributed by atoms with van der Waals surface area (Å²) in [6.07, 6.45) is 2.26. The number of halogens is 2. The maximum absolute atomic E-state index is 6.38. The zero-order valence-electron chi connectivity index (χ0n) is 16.8. The van der Waals surface area contributed by atoms with Crippen molar-refractivity contribution in [3.8, 4) is 5.82 Å². The van der Waals surface area contributed by atoms with Crippen molar-refractivity contribution in [2.45, 2.75) is 27.2 Å². The normalized spacial score (nSPS) is 11.0. The summed E-state index contributed by atoms with van der Waals surface area (Å²) in [5, 5.41) is 8.85. The van der Waals surface area contributed by atoms with Gasteiger partial charge in [-0.1, -0.05) is 53.5 Å². The molecule has 0 spiro atoms. The Balaban J connectivity index is 1.77. The summed E-state index contributed by atoms with van der Waals surface area (Å²) >= 11 is 12.4. The first-order valence-electron chi connectivity index (χ1n) is 9.44. The van der Waals surface area contributed by atoms with Gasteiger partial charge in [-0.05, 0) is 32.4 Å². The lowest BCUT2D eigenvalue weighted by molar-refractivity contribution is 0.837. The molecule has 0 fully saturated rings. The minimum absolute atomic E-state index is 0.410. The Morgan fingerprint density at radius 3 is 2.50 bits per heavy atom. The predicted molar refractivity (Wildman–Crippen MR) is 120 cm³/mol. The van der Waals surface area contributed by atoms with Crippen LogP contribution in [0.2, 0.25) is 10.0 Å². The molecule has 152 valence electrons. The van der Waals surface area contributed by atoms with Crippen LogP contribution < -0.4 is 5.32 Å². The highest BCUT2D eigenvalue weighted by Gasteiger charge is 2.17. The molecule has 6 nitrogen and oxygen atoms in total. The first-order valence-corrected chi connectivity index (χ1v) is 10.2. The Morgan fingerprint density at radius 2 is 1.77 bits per heavy atom. The van der Waals surface area contributed by atoms with Crippen LogP contribution >= 0.6 is 23.2 Å². The number of hydrogen-bond acceptors (Lipinski definition) is 5. The number of benzene rings is 1. The summed E-state index contributed by atoms with van der Waals surface area (Å²) in [4.78, 5) is 13.6. The van der Waals surface area contributed by atoms with E-state index in [1.165, 1.54) is 5.56 Å². The van der Waals surface area contributed by atoms with E-state index in [9.17, 15) is 0 Å². The van der Waals surface area contributed by atoms with Crippen LogP contribution in [0.3, 0.4) is 0 Å². The Bertz CT molecular complexity index is 1200. The Kier molecular flexibility index (Phi) is 5.70. The van der Waals surface area contributed by atoms with Gasteiger partial charge in [-0.2, -0.15) is 9.78 Å². The second-order valence-corrected chi connectivity index (χ2v) is 7.86. The lowest BCUT2D eigenvalue weighted by Gasteiger charge is -2.15. The Morgan fingerprint density at radius 1 is 1.00 bits per heavy atom. The SMILES string of the molecule is Cc1cc(Nc2nc(C)nc(C)c2Cc2ccccc2)n(-c2ncc(Cl)cc2Cl)n1. The molecule has 0 aliphatic carbocycles. The highest BCUT2D eigenvalue weighted by atomic mass is 35.5. The molecule has 0 radical (unpaired) electrons. The number of hydrogen-bond donors (Lipinski definition) is 1. The Labute approximate surface area is 184 Å². The van der Waals surface area contributed by atoms with E-state index in [4.69, 9.17) is 23.2 Å². The maximum Gasteiger partial charge on any atom is 0.174 e. The molecule has 0 bridgehead atoms. The molecule has 0 unspecified atom stereocenters. The number of nitrogens with one attached hydrogen (secondary N) is 1. The summed E-state index contributed by atoms with van der Waals surface area (Å²) in [5.41, 5.74) is 3.95. The molecule has 0 aliphatic heterocycles. The van der Waals surface area contributed by atoms with Gasteiger partial charge in [-0.25, -0.2) is 15.0 Å². The van der Waals surface area contributed by atoms with Crippen molar-refractivity contribution in [1.82, 2.24) is 24.7 Å². The minimum atomic E-state index is 0.410. The minimum Gasteiger partial charge on any atom is -0.324 e. The van der Waals surface area contributed by atoms with E-state index in [1.807, 2.05) is 45.0 Å². The van der Waals surface area contributed by atoms with Crippen LogP contribution in [0, 0.1) is 20.8 Å². The fraction of sp³-hybridized carbons (Fsp3) is 0.182. The second kappa shape index (κ2) is 8.42. The van der Waals surface area contributed by atoms with Crippen LogP contribution in [0.1, 0.15) is 28.3 Å². The molecular formula is C22H20Cl2N6. The lowest BCUT2D eigenvalue weighted by atomic mass is 10.0. The lowest BCUT2D eigenvalue weighted by Crippen LogP contribution is -2.10. The van der Waals surface area contributed by atoms with E-state index in [-0.39, 0.29) is 0 Å². The summed E-state index contributed by atoms with van der Waals surface area (Å²) < 4.78 is 1.66. The van der Waals surface area contributed by atoms with Gasteiger partial charge in [0.2, 0.25) is 0 Å². The van der Waals surface area contributed by atoms with Gasteiger partial charge in [0.1, 0.15) is 17.5 Å². The van der Waals surface area contributed by atoms with Crippen molar-refractivity contribution in [2.24, 2.45) is 0 Å². The molecule has 0 atom stereocenters. The molecule has 4 aromatic rings. The van der Waals surface area contributed by atoms with E-state index in [0.717, 1.165) is 22.8 Å². The van der Waals surface area contributed by atoms with E-state index in [1.54, 1.807) is 16.9 Å². The van der Waals surface area contributed by atoms with Crippen LogP contribution in [-0.4, -0.2) is 24.7 Å². The van der Waals surface area contributed by atoms with Gasteiger partial charge >= 0.3 is 0 Å². The van der Waals surface area contributed by atoms with Crippen LogP contribution in [0.15, 0.2) is 48.7 Å². The molecule has 4 rings (SSSR count). The summed E-state index contributed by atoms with van der Waals surface area (Å²) in [6, 6.07) is 13.8. The van der Waals surface area contributed by atoms with Gasteiger partial charge in [0, 0.05) is 29.9 Å². The smallest absolute Gasteiger partial charge is 0.174 e. The third-order valence-corrected chi connectivity index (χ3v) is 5.10. The molecule has 0 saturated carbocycles. The number of aryl methyl sites for hydroxylation is 3. The zero-order valence-corrected chi connectivity index (χ0v) is 18.3. The third kappa shape index (κ3) is 4.30. The monoisotopic (exact) mass is 438 g/mol. The zero-order chi connectivity index (χ0) is 21.3. The van der Waals surface area contributed by atoms with E-state index in [0.29, 0.717) is 33.9 Å². The molecule has 1 aromatic carbocycles. The maximum atomic E-state index is 6.38. The predicted octanol–water partition coefficient (Wildman–Crippen LogP) is 5.62. The summed E-state index contributed by atoms with van der Waals surface area (Å²) in [7, 11) is 0. The van der Waals surface area contributed by atoms with Gasteiger partial charge in [-0.3, -0.25) is 0 Å². The largest absolute Gasteiger partial charge is 0.324 e. The standard InChI is InChI=1S/C22H20Cl2N6/c1-13-9-20(30(29-13)22-19(24)11-17(23)12-25-22)28-21-18(14(2)26-15(3)27-21)10-16-7-5-4-6-8-16/h4-9,11-12H,10H2,1-3H3,(H,26,27,28). The van der Waals surface area contributed by atoms with E-state index in [2.05, 4.69) is 37.5 Å². The second-order valence-electron chi connectivity index (χ2n) is 7.01. The summed E-state index contributed by atoms with van der Waals surface area (Å²) in [5.74, 6) is 2.62. The topological polar surface area (TPSA) is 68.5 Å². The highest BCUT2D eigenvalue weighted by molar-refractivity contribution is 6.35. The molecule has 3 aromatic heterocycles. The first kappa shape index (κ1) is 20.3. The van der Waals surface area contributed by atoms with Crippen molar-refractivity contribution in [3.63, 3.8) is 0 Å². The molecular weight excluding hydrogens is 419 g/mol. The van der Waals surface area contributed by atoms with Crippen LogP contribution in [0.4, 0.5) is 11.6 Å². The van der Waals surface area contributed by atoms with Crippen LogP contribution in [0.5, 0.6) is 0 Å². The van der Waals surface area contributed by atoms with E-state index >= 15 is 0 Å². The van der Waals surface area contributed by atoms with Gasteiger partial charge < -0.3 is 5.32 Å². The quantitative estimate of drug-likeness (QED) is 0.437. The fourth-order valence-electron chi connectivity index (χ4n) is 3.29. The number of pyridine rings is 1. The number of nitrogens with zero attached hydrogens (tertiary/aromatic N) is 5. The van der Waals surface area contributed by atoms with Gasteiger partial charge in [-0.15, -0.1) is 0 Å². The molecule has 8 heteroatoms. The van der Waals surface area contributed by atoms with Crippen molar-refractivity contribution in [3.05, 3.63) is 87.0 Å². The molecule has 0 aliphatic rings. The third-order valence-electron chi connectivity index (χ3n) is 4.62. The summed E-state index contributed by atoms with van der Waals surface area (Å²) in [6.45, 7) is 5.79. The van der Waals surface area contributed by atoms with Crippen molar-refractivity contribution in [2.75, 3.05) is 5.32 Å². The average molecular weight is 439 g/mol. The van der Waals surface area contributed by atoms with E-state index < -0.39 is 0 Å². The molecule has 0 saturated heterocycles. The van der Waals surface area contributed by atoms with Crippen molar-refractivity contribution < 1.29 is 0 Å². The van der Waals surface area contributed by atoms with Crippen molar-refractivity contribution in [1.29, 1.82) is 0 Å². The molecule has 30 heavy (non-hydrogen) atoms. The Hall–Kier alpha value is -2.96. The number of anilines is 2. The number of aromatic nitrogens is 5. The highest BCUT2D eigenvalue weighted by Crippen LogP contribution is 2.28. The van der Waals surface area contributed by atoms with Gasteiger partial charge in [0.25, 0.3) is 0 Å². The van der Waals surface area contributed by atoms with Crippen molar-refractivity contribution >= 4 is 34.8 Å². The first-order chi connectivity index (χ1) is 14.4. The van der Waals surface area contributed by atoms with Crippen LogP contribution in [0.25, 0.3) is 5.82 Å². The van der Waals surface area contributed by atoms with Crippen LogP contribution in [-0.2, 0) is 6.42 Å². The van der Waals surface area contributed by atoms with Gasteiger partial charge in [0.15, 0.2) is 5.82 Å². The fourth-order valence-corrected chi connectivity index (χ4v) is 3.75.